The van der Waals surface area contributed by atoms with Crippen LogP contribution >= 0.6 is 0 Å². The van der Waals surface area contributed by atoms with Crippen LogP contribution in [0.15, 0.2) is 65.2 Å². The molecule has 0 atom stereocenters. The van der Waals surface area contributed by atoms with Gasteiger partial charge < -0.3 is 9.73 Å². The van der Waals surface area contributed by atoms with Gasteiger partial charge in [0, 0.05) is 35.1 Å². The summed E-state index contributed by atoms with van der Waals surface area (Å²) in [6, 6.07) is 14.4. The molecule has 0 radical (unpaired) electrons. The Morgan fingerprint density at radius 1 is 1.11 bits per heavy atom. The fraction of sp³-hybridized carbons (Fsp3) is 0.0500. The molecule has 0 saturated carbocycles. The first kappa shape index (κ1) is 17.3. The topological polar surface area (TPSA) is 111 Å². The fourth-order valence-corrected chi connectivity index (χ4v) is 2.82. The minimum Gasteiger partial charge on any atom is -0.434 e. The van der Waals surface area contributed by atoms with Crippen molar-refractivity contribution < 1.29 is 14.1 Å². The summed E-state index contributed by atoms with van der Waals surface area (Å²) < 4.78 is 5.76. The molecule has 2 aromatic heterocycles. The van der Waals surface area contributed by atoms with Crippen LogP contribution < -0.4 is 5.32 Å². The molecule has 8 nitrogen and oxygen atoms in total. The van der Waals surface area contributed by atoms with Crippen LogP contribution in [-0.2, 0) is 0 Å². The van der Waals surface area contributed by atoms with Crippen LogP contribution in [0.25, 0.3) is 22.7 Å². The van der Waals surface area contributed by atoms with E-state index in [1.807, 2.05) is 13.0 Å². The van der Waals surface area contributed by atoms with E-state index in [0.717, 1.165) is 11.1 Å². The molecule has 0 aliphatic carbocycles. The van der Waals surface area contributed by atoms with Gasteiger partial charge in [-0.05, 0) is 48.9 Å². The van der Waals surface area contributed by atoms with Gasteiger partial charge in [-0.25, -0.2) is 4.98 Å². The van der Waals surface area contributed by atoms with E-state index in [0.29, 0.717) is 28.4 Å². The Bertz CT molecular complexity index is 1170. The van der Waals surface area contributed by atoms with Gasteiger partial charge in [-0.15, -0.1) is 0 Å². The second-order valence-corrected chi connectivity index (χ2v) is 6.08. The number of hydrogen-bond acceptors (Lipinski definition) is 6. The lowest BCUT2D eigenvalue weighted by molar-refractivity contribution is -0.384. The van der Waals surface area contributed by atoms with Crippen molar-refractivity contribution in [2.24, 2.45) is 0 Å². The van der Waals surface area contributed by atoms with Crippen LogP contribution in [0, 0.1) is 17.0 Å². The molecule has 1 amide bonds. The number of non-ortho nitro benzene ring substituents is 1. The summed E-state index contributed by atoms with van der Waals surface area (Å²) >= 11 is 0. The highest BCUT2D eigenvalue weighted by Gasteiger charge is 2.15. The second kappa shape index (κ2) is 6.92. The van der Waals surface area contributed by atoms with E-state index in [1.165, 1.54) is 24.3 Å². The molecule has 0 spiro atoms. The average molecular weight is 374 g/mol. The van der Waals surface area contributed by atoms with E-state index in [9.17, 15) is 14.9 Å². The summed E-state index contributed by atoms with van der Waals surface area (Å²) in [7, 11) is 0. The van der Waals surface area contributed by atoms with E-state index < -0.39 is 4.92 Å². The molecular weight excluding hydrogens is 360 g/mol. The number of aromatic nitrogens is 2. The third-order valence-corrected chi connectivity index (χ3v) is 4.32. The summed E-state index contributed by atoms with van der Waals surface area (Å²) in [6.45, 7) is 1.85. The number of nitrogens with one attached hydrogen (secondary N) is 1. The lowest BCUT2D eigenvalue weighted by Crippen LogP contribution is -2.13. The smallest absolute Gasteiger partial charge is 0.269 e. The SMILES string of the molecule is Cc1c(NC(=O)c2ccc([N+](=O)[O-])cc2)cccc1-c1nc2ncccc2o1. The van der Waals surface area contributed by atoms with E-state index in [1.54, 1.807) is 30.5 Å². The number of nitrogens with zero attached hydrogens (tertiary/aromatic N) is 3. The van der Waals surface area contributed by atoms with Gasteiger partial charge in [-0.3, -0.25) is 14.9 Å². The maximum absolute atomic E-state index is 12.5. The Balaban J connectivity index is 1.63. The second-order valence-electron chi connectivity index (χ2n) is 6.08. The highest BCUT2D eigenvalue weighted by Crippen LogP contribution is 2.30. The number of carbonyl (C=O) groups is 1. The largest absolute Gasteiger partial charge is 0.434 e. The zero-order valence-corrected chi connectivity index (χ0v) is 14.7. The van der Waals surface area contributed by atoms with Crippen LogP contribution in [0.3, 0.4) is 0 Å². The third kappa shape index (κ3) is 3.18. The Labute approximate surface area is 159 Å². The number of hydrogen-bond donors (Lipinski definition) is 1. The Morgan fingerprint density at radius 2 is 1.89 bits per heavy atom. The van der Waals surface area contributed by atoms with Gasteiger partial charge in [0.25, 0.3) is 11.6 Å². The van der Waals surface area contributed by atoms with E-state index >= 15 is 0 Å². The maximum Gasteiger partial charge on any atom is 0.269 e. The highest BCUT2D eigenvalue weighted by atomic mass is 16.6. The van der Waals surface area contributed by atoms with Crippen molar-refractivity contribution >= 4 is 28.5 Å². The molecule has 0 aliphatic rings. The molecule has 28 heavy (non-hydrogen) atoms. The minimum absolute atomic E-state index is 0.0701. The number of amides is 1. The number of oxazole rings is 1. The molecule has 1 N–H and O–H groups in total. The summed E-state index contributed by atoms with van der Waals surface area (Å²) in [5.41, 5.74) is 3.45. The zero-order valence-electron chi connectivity index (χ0n) is 14.7. The first-order valence-electron chi connectivity index (χ1n) is 8.40. The van der Waals surface area contributed by atoms with Crippen molar-refractivity contribution in [3.63, 3.8) is 0 Å². The number of fused-ring (bicyclic) bond motifs is 1. The van der Waals surface area contributed by atoms with Crippen LogP contribution in [0.4, 0.5) is 11.4 Å². The predicted octanol–water partition coefficient (Wildman–Crippen LogP) is 4.36. The Kier molecular flexibility index (Phi) is 4.29. The molecule has 8 heteroatoms. The number of nitro benzene ring substituents is 1. The number of anilines is 1. The molecule has 0 bridgehead atoms. The molecule has 4 aromatic rings. The van der Waals surface area contributed by atoms with E-state index in [2.05, 4.69) is 15.3 Å². The summed E-state index contributed by atoms with van der Waals surface area (Å²) in [5.74, 6) is 0.0482. The molecule has 0 saturated heterocycles. The van der Waals surface area contributed by atoms with Crippen molar-refractivity contribution in [3.05, 3.63) is 82.0 Å². The van der Waals surface area contributed by atoms with Crippen molar-refractivity contribution in [2.45, 2.75) is 6.92 Å². The normalized spacial score (nSPS) is 10.8. The van der Waals surface area contributed by atoms with Crippen molar-refractivity contribution in [1.82, 2.24) is 9.97 Å². The van der Waals surface area contributed by atoms with Gasteiger partial charge in [-0.1, -0.05) is 6.07 Å². The third-order valence-electron chi connectivity index (χ3n) is 4.32. The number of nitro groups is 1. The molecule has 4 rings (SSSR count). The van der Waals surface area contributed by atoms with Crippen LogP contribution in [0.2, 0.25) is 0 Å². The van der Waals surface area contributed by atoms with Gasteiger partial charge in [0.2, 0.25) is 5.89 Å². The lowest BCUT2D eigenvalue weighted by atomic mass is 10.1. The molecule has 0 aliphatic heterocycles. The zero-order chi connectivity index (χ0) is 19.7. The molecule has 138 valence electrons. The number of benzene rings is 2. The molecule has 2 aromatic carbocycles. The molecule has 0 fully saturated rings. The van der Waals surface area contributed by atoms with Crippen molar-refractivity contribution in [2.75, 3.05) is 5.32 Å². The minimum atomic E-state index is -0.509. The molecule has 2 heterocycles. The van der Waals surface area contributed by atoms with Gasteiger partial charge in [0.05, 0.1) is 4.92 Å². The van der Waals surface area contributed by atoms with Crippen LogP contribution in [-0.4, -0.2) is 20.8 Å². The van der Waals surface area contributed by atoms with Crippen molar-refractivity contribution in [1.29, 1.82) is 0 Å². The monoisotopic (exact) mass is 374 g/mol. The fourth-order valence-electron chi connectivity index (χ4n) is 2.82. The number of carbonyl (C=O) groups excluding carboxylic acids is 1. The van der Waals surface area contributed by atoms with Gasteiger partial charge in [0.15, 0.2) is 11.2 Å². The van der Waals surface area contributed by atoms with Gasteiger partial charge in [-0.2, -0.15) is 4.98 Å². The molecule has 0 unspecified atom stereocenters. The van der Waals surface area contributed by atoms with E-state index in [-0.39, 0.29) is 11.6 Å². The summed E-state index contributed by atoms with van der Waals surface area (Å²) in [5, 5.41) is 13.6. The van der Waals surface area contributed by atoms with E-state index in [4.69, 9.17) is 4.42 Å². The van der Waals surface area contributed by atoms with Gasteiger partial charge >= 0.3 is 0 Å². The highest BCUT2D eigenvalue weighted by molar-refractivity contribution is 6.05. The number of rotatable bonds is 4. The van der Waals surface area contributed by atoms with Gasteiger partial charge in [0.1, 0.15) is 0 Å². The predicted molar refractivity (Wildman–Crippen MR) is 103 cm³/mol. The van der Waals surface area contributed by atoms with Crippen LogP contribution in [0.5, 0.6) is 0 Å². The lowest BCUT2D eigenvalue weighted by Gasteiger charge is -2.11. The first-order valence-corrected chi connectivity index (χ1v) is 8.40. The summed E-state index contributed by atoms with van der Waals surface area (Å²) in [4.78, 5) is 31.3. The number of pyridine rings is 1. The standard InChI is InChI=1S/C20H14N4O4/c1-12-15(20-23-18-17(28-20)6-3-11-21-18)4-2-5-16(12)22-19(25)13-7-9-14(10-8-13)24(26)27/h2-11H,1H3,(H,22,25). The first-order chi connectivity index (χ1) is 13.5. The molecular formula is C20H14N4O4. The van der Waals surface area contributed by atoms with Crippen LogP contribution in [0.1, 0.15) is 15.9 Å². The summed E-state index contributed by atoms with van der Waals surface area (Å²) in [6.07, 6.45) is 1.64. The van der Waals surface area contributed by atoms with Crippen molar-refractivity contribution in [3.8, 4) is 11.5 Å². The Morgan fingerprint density at radius 3 is 2.61 bits per heavy atom. The Hall–Kier alpha value is -4.07. The average Bonchev–Trinajstić information content (AvgIpc) is 3.13. The maximum atomic E-state index is 12.5. The quantitative estimate of drug-likeness (QED) is 0.420.